The Kier molecular flexibility index (Phi) is 6.74. The van der Waals surface area contributed by atoms with Gasteiger partial charge in [-0.2, -0.15) is 0 Å². The van der Waals surface area contributed by atoms with Crippen molar-refractivity contribution in [2.45, 2.75) is 13.5 Å². The molecule has 1 atom stereocenters. The van der Waals surface area contributed by atoms with Crippen LogP contribution in [0.15, 0.2) is 42.5 Å². The number of benzene rings is 2. The van der Waals surface area contributed by atoms with Crippen molar-refractivity contribution in [1.82, 2.24) is 0 Å². The number of likely N-dealkylation sites (N-methyl/N-ethyl adjacent to an activating group) is 1. The number of rotatable bonds is 7. The molecule has 1 amide bonds. The van der Waals surface area contributed by atoms with E-state index in [-0.39, 0.29) is 5.91 Å². The zero-order chi connectivity index (χ0) is 19.1. The second kappa shape index (κ2) is 9.01. The van der Waals surface area contributed by atoms with Crippen molar-refractivity contribution in [3.63, 3.8) is 0 Å². The van der Waals surface area contributed by atoms with Crippen molar-refractivity contribution in [3.05, 3.63) is 59.2 Å². The largest absolute Gasteiger partial charge is 0.497 e. The van der Waals surface area contributed by atoms with Crippen molar-refractivity contribution in [1.29, 1.82) is 0 Å². The highest BCUT2D eigenvalue weighted by Gasteiger charge is 2.14. The first-order valence-electron chi connectivity index (χ1n) is 8.36. The third kappa shape index (κ3) is 5.32. The van der Waals surface area contributed by atoms with E-state index in [9.17, 15) is 9.59 Å². The lowest BCUT2D eigenvalue weighted by Gasteiger charge is -2.15. The zero-order valence-electron chi connectivity index (χ0n) is 15.6. The van der Waals surface area contributed by atoms with Gasteiger partial charge in [0.1, 0.15) is 12.3 Å². The number of methoxy groups -OCH3 is 2. The maximum absolute atomic E-state index is 12.3. The first-order valence-corrected chi connectivity index (χ1v) is 8.36. The van der Waals surface area contributed by atoms with E-state index in [1.165, 1.54) is 7.11 Å². The molecular weight excluding hydrogens is 332 g/mol. The number of anilines is 1. The standard InChI is InChI=1S/C20H24N2O4/c1-14-5-8-16(20(24)26-4)11-18(14)21-19(23)13-22(2)12-15-6-9-17(25-3)10-7-15/h5-11H,12-13H2,1-4H3,(H,21,23)/p+1. The minimum atomic E-state index is -0.428. The highest BCUT2D eigenvalue weighted by atomic mass is 16.5. The molecule has 0 aliphatic heterocycles. The van der Waals surface area contributed by atoms with Crippen LogP contribution in [0.1, 0.15) is 21.5 Å². The van der Waals surface area contributed by atoms with Crippen molar-refractivity contribution in [2.75, 3.05) is 33.1 Å². The second-order valence-corrected chi connectivity index (χ2v) is 6.23. The van der Waals surface area contributed by atoms with Crippen molar-refractivity contribution in [3.8, 4) is 5.75 Å². The van der Waals surface area contributed by atoms with Crippen LogP contribution in [-0.2, 0) is 16.1 Å². The number of hydrogen-bond acceptors (Lipinski definition) is 4. The predicted molar refractivity (Wildman–Crippen MR) is 99.6 cm³/mol. The fourth-order valence-corrected chi connectivity index (χ4v) is 2.62. The van der Waals surface area contributed by atoms with E-state index >= 15 is 0 Å². The maximum atomic E-state index is 12.3. The highest BCUT2D eigenvalue weighted by Crippen LogP contribution is 2.17. The Balaban J connectivity index is 1.96. The molecule has 0 fully saturated rings. The van der Waals surface area contributed by atoms with E-state index < -0.39 is 5.97 Å². The van der Waals surface area contributed by atoms with Gasteiger partial charge in [-0.15, -0.1) is 0 Å². The van der Waals surface area contributed by atoms with Crippen LogP contribution < -0.4 is 15.0 Å². The summed E-state index contributed by atoms with van der Waals surface area (Å²) < 4.78 is 9.87. The summed E-state index contributed by atoms with van der Waals surface area (Å²) in [7, 11) is 4.92. The third-order valence-corrected chi connectivity index (χ3v) is 4.06. The number of carbonyl (C=O) groups is 2. The lowest BCUT2D eigenvalue weighted by atomic mass is 10.1. The Morgan fingerprint density at radius 1 is 1.08 bits per heavy atom. The van der Waals surface area contributed by atoms with Gasteiger partial charge in [-0.05, 0) is 48.9 Å². The van der Waals surface area contributed by atoms with Gasteiger partial charge in [0, 0.05) is 11.3 Å². The second-order valence-electron chi connectivity index (χ2n) is 6.23. The molecule has 6 heteroatoms. The van der Waals surface area contributed by atoms with Gasteiger partial charge in [0.25, 0.3) is 5.91 Å². The van der Waals surface area contributed by atoms with Gasteiger partial charge in [-0.25, -0.2) is 4.79 Å². The van der Waals surface area contributed by atoms with Crippen LogP contribution in [0.25, 0.3) is 0 Å². The average molecular weight is 357 g/mol. The number of esters is 1. The molecule has 0 saturated carbocycles. The summed E-state index contributed by atoms with van der Waals surface area (Å²) in [5.41, 5.74) is 3.04. The topological polar surface area (TPSA) is 69.1 Å². The molecule has 0 aliphatic carbocycles. The molecule has 0 aliphatic rings. The molecule has 0 aromatic heterocycles. The molecule has 2 rings (SSSR count). The number of ether oxygens (including phenoxy) is 2. The minimum absolute atomic E-state index is 0.110. The van der Waals surface area contributed by atoms with E-state index in [1.54, 1.807) is 25.3 Å². The fraction of sp³-hybridized carbons (Fsp3) is 0.300. The summed E-state index contributed by atoms with van der Waals surface area (Å²) >= 11 is 0. The van der Waals surface area contributed by atoms with Gasteiger partial charge >= 0.3 is 5.97 Å². The number of aryl methyl sites for hydroxylation is 1. The summed E-state index contributed by atoms with van der Waals surface area (Å²) in [6.07, 6.45) is 0. The molecule has 2 aromatic rings. The van der Waals surface area contributed by atoms with Crippen LogP contribution in [0.4, 0.5) is 5.69 Å². The Labute approximate surface area is 153 Å². The van der Waals surface area contributed by atoms with Gasteiger partial charge in [0.05, 0.1) is 26.8 Å². The molecule has 0 saturated heterocycles. The summed E-state index contributed by atoms with van der Waals surface area (Å²) in [4.78, 5) is 25.0. The fourth-order valence-electron chi connectivity index (χ4n) is 2.62. The van der Waals surface area contributed by atoms with Gasteiger partial charge in [0.15, 0.2) is 6.54 Å². The average Bonchev–Trinajstić information content (AvgIpc) is 2.63. The minimum Gasteiger partial charge on any atom is -0.497 e. The van der Waals surface area contributed by atoms with Crippen LogP contribution >= 0.6 is 0 Å². The van der Waals surface area contributed by atoms with Gasteiger partial charge < -0.3 is 19.7 Å². The van der Waals surface area contributed by atoms with Crippen LogP contribution in [-0.4, -0.2) is 39.7 Å². The van der Waals surface area contributed by atoms with Crippen molar-refractivity contribution in [2.24, 2.45) is 0 Å². The molecule has 26 heavy (non-hydrogen) atoms. The molecule has 6 nitrogen and oxygen atoms in total. The molecular formula is C20H25N2O4+. The van der Waals surface area contributed by atoms with Crippen LogP contribution in [0.3, 0.4) is 0 Å². The van der Waals surface area contributed by atoms with Crippen molar-refractivity contribution >= 4 is 17.6 Å². The van der Waals surface area contributed by atoms with E-state index in [0.717, 1.165) is 28.3 Å². The van der Waals surface area contributed by atoms with Crippen molar-refractivity contribution < 1.29 is 24.0 Å². The van der Waals surface area contributed by atoms with E-state index in [4.69, 9.17) is 9.47 Å². The number of amides is 1. The molecule has 1 unspecified atom stereocenters. The number of hydrogen-bond donors (Lipinski definition) is 2. The summed E-state index contributed by atoms with van der Waals surface area (Å²) in [5.74, 6) is 0.272. The Bertz CT molecular complexity index is 772. The number of carbonyl (C=O) groups excluding carboxylic acids is 2. The van der Waals surface area contributed by atoms with E-state index in [0.29, 0.717) is 17.8 Å². The maximum Gasteiger partial charge on any atom is 0.337 e. The summed E-state index contributed by atoms with van der Waals surface area (Å²) in [6.45, 7) is 2.91. The first kappa shape index (κ1) is 19.5. The van der Waals surface area contributed by atoms with E-state index in [1.807, 2.05) is 38.2 Å². The predicted octanol–water partition coefficient (Wildman–Crippen LogP) is 1.44. The molecule has 0 bridgehead atoms. The molecule has 0 radical (unpaired) electrons. The third-order valence-electron chi connectivity index (χ3n) is 4.06. The van der Waals surface area contributed by atoms with Gasteiger partial charge in [0.2, 0.25) is 0 Å². The van der Waals surface area contributed by atoms with Crippen LogP contribution in [0.5, 0.6) is 5.75 Å². The lowest BCUT2D eigenvalue weighted by molar-refractivity contribution is -0.885. The van der Waals surface area contributed by atoms with Gasteiger partial charge in [-0.1, -0.05) is 6.07 Å². The monoisotopic (exact) mass is 357 g/mol. The van der Waals surface area contributed by atoms with Crippen LogP contribution in [0.2, 0.25) is 0 Å². The SMILES string of the molecule is COC(=O)c1ccc(C)c(NC(=O)C[NH+](C)Cc2ccc(OC)cc2)c1. The normalized spacial score (nSPS) is 11.5. The summed E-state index contributed by atoms with van der Waals surface area (Å²) in [6, 6.07) is 12.9. The van der Waals surface area contributed by atoms with Crippen LogP contribution in [0, 0.1) is 6.92 Å². The first-order chi connectivity index (χ1) is 12.4. The lowest BCUT2D eigenvalue weighted by Crippen LogP contribution is -3.08. The molecule has 0 spiro atoms. The number of nitrogens with one attached hydrogen (secondary N) is 2. The Morgan fingerprint density at radius 3 is 2.38 bits per heavy atom. The highest BCUT2D eigenvalue weighted by molar-refractivity contribution is 5.95. The zero-order valence-corrected chi connectivity index (χ0v) is 15.6. The summed E-state index contributed by atoms with van der Waals surface area (Å²) in [5, 5.41) is 2.88. The van der Waals surface area contributed by atoms with E-state index in [2.05, 4.69) is 5.32 Å². The Morgan fingerprint density at radius 2 is 1.77 bits per heavy atom. The smallest absolute Gasteiger partial charge is 0.337 e. The Hall–Kier alpha value is -2.86. The molecule has 2 aromatic carbocycles. The number of quaternary nitrogens is 1. The molecule has 138 valence electrons. The molecule has 2 N–H and O–H groups in total. The molecule has 0 heterocycles. The van der Waals surface area contributed by atoms with Gasteiger partial charge in [-0.3, -0.25) is 4.79 Å². The quantitative estimate of drug-likeness (QED) is 0.736.